The Bertz CT molecular complexity index is 860. The molecule has 0 spiro atoms. The maximum absolute atomic E-state index is 12.8. The fraction of sp³-hybridized carbons (Fsp3) is 0.652. The van der Waals surface area contributed by atoms with E-state index >= 15 is 0 Å². The van der Waals surface area contributed by atoms with Gasteiger partial charge < -0.3 is 10.1 Å². The van der Waals surface area contributed by atoms with Crippen LogP contribution in [0, 0.1) is 11.8 Å². The topological polar surface area (TPSA) is 92.8 Å². The zero-order chi connectivity index (χ0) is 22.4. The zero-order valence-electron chi connectivity index (χ0n) is 18.5. The summed E-state index contributed by atoms with van der Waals surface area (Å²) in [5.41, 5.74) is 0.224. The van der Waals surface area contributed by atoms with E-state index in [4.69, 9.17) is 4.74 Å². The molecule has 1 amide bonds. The van der Waals surface area contributed by atoms with E-state index < -0.39 is 16.0 Å². The maximum atomic E-state index is 12.8. The molecule has 1 aliphatic heterocycles. The quantitative estimate of drug-likeness (QED) is 0.671. The van der Waals surface area contributed by atoms with Gasteiger partial charge in [-0.3, -0.25) is 4.79 Å². The van der Waals surface area contributed by atoms with Crippen molar-refractivity contribution in [3.8, 4) is 0 Å². The van der Waals surface area contributed by atoms with Crippen LogP contribution in [-0.2, 0) is 19.6 Å². The summed E-state index contributed by atoms with van der Waals surface area (Å²) < 4.78 is 32.3. The van der Waals surface area contributed by atoms with Gasteiger partial charge in [-0.25, -0.2) is 13.2 Å². The van der Waals surface area contributed by atoms with Gasteiger partial charge in [-0.1, -0.05) is 39.5 Å². The minimum Gasteiger partial charge on any atom is -0.452 e. The van der Waals surface area contributed by atoms with Crippen molar-refractivity contribution >= 4 is 21.9 Å². The monoisotopic (exact) mass is 450 g/mol. The molecule has 2 aliphatic rings. The summed E-state index contributed by atoms with van der Waals surface area (Å²) in [4.78, 5) is 24.7. The van der Waals surface area contributed by atoms with Crippen LogP contribution in [0.2, 0.25) is 0 Å². The Morgan fingerprint density at radius 3 is 2.29 bits per heavy atom. The largest absolute Gasteiger partial charge is 0.452 e. The fourth-order valence-corrected chi connectivity index (χ4v) is 5.96. The minimum atomic E-state index is -3.56. The lowest BCUT2D eigenvalue weighted by atomic mass is 9.78. The van der Waals surface area contributed by atoms with Gasteiger partial charge in [0.1, 0.15) is 0 Å². The molecule has 172 valence electrons. The molecule has 1 heterocycles. The Labute approximate surface area is 185 Å². The van der Waals surface area contributed by atoms with Crippen molar-refractivity contribution in [1.29, 1.82) is 0 Å². The lowest BCUT2D eigenvalue weighted by Crippen LogP contribution is -2.45. The first kappa shape index (κ1) is 23.7. The highest BCUT2D eigenvalue weighted by molar-refractivity contribution is 7.89. The Hall–Kier alpha value is -1.93. The summed E-state index contributed by atoms with van der Waals surface area (Å²) in [5, 5.41) is 2.98. The number of carbonyl (C=O) groups excluding carboxylic acids is 2. The first-order valence-corrected chi connectivity index (χ1v) is 12.8. The van der Waals surface area contributed by atoms with E-state index in [2.05, 4.69) is 19.2 Å². The van der Waals surface area contributed by atoms with Crippen LogP contribution < -0.4 is 5.32 Å². The Morgan fingerprint density at radius 2 is 1.65 bits per heavy atom. The molecule has 1 aromatic carbocycles. The van der Waals surface area contributed by atoms with Crippen LogP contribution in [0.3, 0.4) is 0 Å². The molecule has 1 aromatic rings. The van der Waals surface area contributed by atoms with Gasteiger partial charge in [-0.15, -0.1) is 0 Å². The van der Waals surface area contributed by atoms with Gasteiger partial charge in [0.15, 0.2) is 6.61 Å². The number of sulfonamides is 1. The van der Waals surface area contributed by atoms with Crippen LogP contribution >= 0.6 is 0 Å². The van der Waals surface area contributed by atoms with E-state index in [0.717, 1.165) is 38.5 Å². The van der Waals surface area contributed by atoms with E-state index in [0.29, 0.717) is 24.9 Å². The Balaban J connectivity index is 1.53. The van der Waals surface area contributed by atoms with E-state index in [1.54, 1.807) is 0 Å². The molecule has 1 saturated carbocycles. The first-order valence-electron chi connectivity index (χ1n) is 11.4. The predicted molar refractivity (Wildman–Crippen MR) is 118 cm³/mol. The zero-order valence-corrected chi connectivity index (χ0v) is 19.3. The number of nitrogens with zero attached hydrogens (tertiary/aromatic N) is 1. The first-order chi connectivity index (χ1) is 14.8. The Morgan fingerprint density at radius 1 is 1.00 bits per heavy atom. The number of hydrogen-bond acceptors (Lipinski definition) is 5. The van der Waals surface area contributed by atoms with E-state index in [9.17, 15) is 18.0 Å². The van der Waals surface area contributed by atoms with Crippen molar-refractivity contribution in [3.05, 3.63) is 29.8 Å². The van der Waals surface area contributed by atoms with Crippen LogP contribution in [0.15, 0.2) is 29.2 Å². The summed E-state index contributed by atoms with van der Waals surface area (Å²) >= 11 is 0. The van der Waals surface area contributed by atoms with Gasteiger partial charge in [-0.05, 0) is 55.4 Å². The smallest absolute Gasteiger partial charge is 0.338 e. The summed E-state index contributed by atoms with van der Waals surface area (Å²) in [5.74, 6) is 0.0106. The van der Waals surface area contributed by atoms with Crippen LogP contribution in [0.4, 0.5) is 0 Å². The molecular formula is C23H34N2O5S. The average Bonchev–Trinajstić information content (AvgIpc) is 3.05. The van der Waals surface area contributed by atoms with Crippen LogP contribution in [0.25, 0.3) is 0 Å². The summed E-state index contributed by atoms with van der Waals surface area (Å²) in [6, 6.07) is 5.86. The molecule has 0 aromatic heterocycles. The van der Waals surface area contributed by atoms with Gasteiger partial charge in [0.2, 0.25) is 10.0 Å². The maximum Gasteiger partial charge on any atom is 0.338 e. The molecule has 3 atom stereocenters. The third-order valence-electron chi connectivity index (χ3n) is 6.68. The highest BCUT2D eigenvalue weighted by Crippen LogP contribution is 2.29. The van der Waals surface area contributed by atoms with Crippen molar-refractivity contribution in [2.24, 2.45) is 11.8 Å². The van der Waals surface area contributed by atoms with Crippen molar-refractivity contribution in [3.63, 3.8) is 0 Å². The second-order valence-corrected chi connectivity index (χ2v) is 10.8. The van der Waals surface area contributed by atoms with Crippen molar-refractivity contribution < 1.29 is 22.7 Å². The third kappa shape index (κ3) is 6.07. The molecule has 0 unspecified atom stereocenters. The van der Waals surface area contributed by atoms with Gasteiger partial charge in [0.25, 0.3) is 5.91 Å². The van der Waals surface area contributed by atoms with Crippen LogP contribution in [0.1, 0.15) is 69.2 Å². The molecule has 1 aliphatic carbocycles. The molecule has 3 rings (SSSR count). The van der Waals surface area contributed by atoms with Gasteiger partial charge in [-0.2, -0.15) is 4.31 Å². The number of esters is 1. The summed E-state index contributed by atoms with van der Waals surface area (Å²) in [6.45, 7) is 5.05. The molecule has 0 radical (unpaired) electrons. The minimum absolute atomic E-state index is 0.110. The van der Waals surface area contributed by atoms with E-state index in [1.807, 2.05) is 0 Å². The lowest BCUT2D eigenvalue weighted by molar-refractivity contribution is -0.125. The number of ether oxygens (including phenoxy) is 1. The van der Waals surface area contributed by atoms with Crippen LogP contribution in [-0.4, -0.2) is 50.3 Å². The number of nitrogens with one attached hydrogen (secondary N) is 1. The van der Waals surface area contributed by atoms with Crippen LogP contribution in [0.5, 0.6) is 0 Å². The second-order valence-electron chi connectivity index (χ2n) is 8.86. The van der Waals surface area contributed by atoms with E-state index in [1.165, 1.54) is 35.0 Å². The van der Waals surface area contributed by atoms with Crippen molar-refractivity contribution in [1.82, 2.24) is 9.62 Å². The van der Waals surface area contributed by atoms with Gasteiger partial charge in [0.05, 0.1) is 10.5 Å². The van der Waals surface area contributed by atoms with Crippen molar-refractivity contribution in [2.45, 2.75) is 69.7 Å². The molecule has 1 N–H and O–H groups in total. The number of hydrogen-bond donors (Lipinski definition) is 1. The third-order valence-corrected chi connectivity index (χ3v) is 8.59. The lowest BCUT2D eigenvalue weighted by Gasteiger charge is -2.34. The molecule has 2 fully saturated rings. The Kier molecular flexibility index (Phi) is 8.11. The molecule has 0 bridgehead atoms. The summed E-state index contributed by atoms with van der Waals surface area (Å²) in [6.07, 6.45) is 7.02. The molecular weight excluding hydrogens is 416 g/mol. The number of benzene rings is 1. The number of rotatable bonds is 6. The van der Waals surface area contributed by atoms with Gasteiger partial charge in [0, 0.05) is 19.1 Å². The molecule has 7 nitrogen and oxygen atoms in total. The van der Waals surface area contributed by atoms with Crippen molar-refractivity contribution in [2.75, 3.05) is 19.7 Å². The normalized spacial score (nSPS) is 25.4. The average molecular weight is 451 g/mol. The highest BCUT2D eigenvalue weighted by atomic mass is 32.2. The summed E-state index contributed by atoms with van der Waals surface area (Å²) in [7, 11) is -3.56. The van der Waals surface area contributed by atoms with E-state index in [-0.39, 0.29) is 29.0 Å². The van der Waals surface area contributed by atoms with Gasteiger partial charge >= 0.3 is 5.97 Å². The number of amides is 1. The standard InChI is InChI=1S/C23H34N2O5S/c1-17-8-7-9-21(18(17)2)24-22(26)16-30-23(27)19-10-12-20(13-11-19)31(28,29)25-14-5-3-4-6-15-25/h10-13,17-18,21H,3-9,14-16H2,1-2H3,(H,24,26)/t17-,18-,21-/m1/s1. The molecule has 8 heteroatoms. The molecule has 31 heavy (non-hydrogen) atoms. The number of carbonyl (C=O) groups is 2. The highest BCUT2D eigenvalue weighted by Gasteiger charge is 2.28. The second kappa shape index (κ2) is 10.6. The molecule has 1 saturated heterocycles. The predicted octanol–water partition coefficient (Wildman–Crippen LogP) is 3.35. The fourth-order valence-electron chi connectivity index (χ4n) is 4.44. The SMILES string of the molecule is C[C@@H]1[C@H](C)CCC[C@H]1NC(=O)COC(=O)c1ccc(S(=O)(=O)N2CCCCCC2)cc1.